The number of carbonyl (C=O) groups excluding carboxylic acids is 2. The van der Waals surface area contributed by atoms with Crippen LogP contribution in [-0.2, 0) is 9.59 Å². The van der Waals surface area contributed by atoms with Crippen LogP contribution >= 0.6 is 0 Å². The fourth-order valence-corrected chi connectivity index (χ4v) is 1.82. The van der Waals surface area contributed by atoms with Crippen LogP contribution in [0, 0.1) is 18.8 Å². The Hall–Kier alpha value is -1.85. The normalized spacial score (nSPS) is 10.9. The highest BCUT2D eigenvalue weighted by Crippen LogP contribution is 2.09. The summed E-state index contributed by atoms with van der Waals surface area (Å²) in [5, 5.41) is 6.32. The Kier molecular flexibility index (Phi) is 5.73. The van der Waals surface area contributed by atoms with Crippen LogP contribution < -0.4 is 5.32 Å². The summed E-state index contributed by atoms with van der Waals surface area (Å²) in [5.74, 6) is 0.875. The number of aromatic nitrogens is 1. The van der Waals surface area contributed by atoms with Crippen molar-refractivity contribution >= 4 is 17.6 Å². The van der Waals surface area contributed by atoms with Crippen molar-refractivity contribution in [3.8, 4) is 0 Å². The maximum absolute atomic E-state index is 12.1. The van der Waals surface area contributed by atoms with E-state index in [4.69, 9.17) is 4.52 Å². The number of carbonyl (C=O) groups is 2. The van der Waals surface area contributed by atoms with Crippen LogP contribution in [-0.4, -0.2) is 35.0 Å². The lowest BCUT2D eigenvalue weighted by molar-refractivity contribution is -0.138. The third-order valence-electron chi connectivity index (χ3n) is 2.62. The van der Waals surface area contributed by atoms with E-state index < -0.39 is 0 Å². The largest absolute Gasteiger partial charge is 0.360 e. The zero-order valence-corrected chi connectivity index (χ0v) is 12.8. The summed E-state index contributed by atoms with van der Waals surface area (Å²) in [7, 11) is 0. The standard InChI is InChI=1S/C14H23N3O3/c1-9(2)7-17(14(19)10(3)4)8-13(18)15-12-6-11(5)20-16-12/h6,9-10H,7-8H2,1-5H3,(H,15,16,18). The van der Waals surface area contributed by atoms with Gasteiger partial charge in [0.2, 0.25) is 11.8 Å². The van der Waals surface area contributed by atoms with Gasteiger partial charge in [0, 0.05) is 18.5 Å². The minimum absolute atomic E-state index is 0.0230. The lowest BCUT2D eigenvalue weighted by Crippen LogP contribution is -2.42. The van der Waals surface area contributed by atoms with E-state index in [2.05, 4.69) is 10.5 Å². The van der Waals surface area contributed by atoms with Crippen molar-refractivity contribution in [3.63, 3.8) is 0 Å². The topological polar surface area (TPSA) is 75.4 Å². The Bertz CT molecular complexity index is 466. The van der Waals surface area contributed by atoms with E-state index in [1.165, 1.54) is 0 Å². The molecule has 20 heavy (non-hydrogen) atoms. The zero-order valence-electron chi connectivity index (χ0n) is 12.8. The monoisotopic (exact) mass is 281 g/mol. The van der Waals surface area contributed by atoms with Gasteiger partial charge in [-0.15, -0.1) is 0 Å². The van der Waals surface area contributed by atoms with Crippen LogP contribution in [0.3, 0.4) is 0 Å². The van der Waals surface area contributed by atoms with E-state index in [1.807, 2.05) is 27.7 Å². The van der Waals surface area contributed by atoms with E-state index in [0.29, 0.717) is 24.0 Å². The molecule has 0 fully saturated rings. The van der Waals surface area contributed by atoms with Crippen molar-refractivity contribution < 1.29 is 14.1 Å². The molecule has 0 saturated carbocycles. The highest BCUT2D eigenvalue weighted by atomic mass is 16.5. The van der Waals surface area contributed by atoms with Crippen LogP contribution in [0.15, 0.2) is 10.6 Å². The average molecular weight is 281 g/mol. The molecule has 1 aromatic rings. The Balaban J connectivity index is 2.64. The molecule has 1 N–H and O–H groups in total. The molecule has 1 aromatic heterocycles. The SMILES string of the molecule is Cc1cc(NC(=O)CN(CC(C)C)C(=O)C(C)C)no1. The minimum Gasteiger partial charge on any atom is -0.360 e. The predicted molar refractivity (Wildman–Crippen MR) is 76.1 cm³/mol. The first-order chi connectivity index (χ1) is 9.29. The Morgan fingerprint density at radius 1 is 1.35 bits per heavy atom. The molecule has 0 radical (unpaired) electrons. The number of anilines is 1. The summed E-state index contributed by atoms with van der Waals surface area (Å²) >= 11 is 0. The number of hydrogen-bond acceptors (Lipinski definition) is 4. The quantitative estimate of drug-likeness (QED) is 0.866. The van der Waals surface area contributed by atoms with Gasteiger partial charge in [0.05, 0.1) is 6.54 Å². The van der Waals surface area contributed by atoms with E-state index in [0.717, 1.165) is 0 Å². The van der Waals surface area contributed by atoms with E-state index >= 15 is 0 Å². The van der Waals surface area contributed by atoms with Crippen molar-refractivity contribution in [1.29, 1.82) is 0 Å². The van der Waals surface area contributed by atoms with Gasteiger partial charge in [-0.25, -0.2) is 0 Å². The summed E-state index contributed by atoms with van der Waals surface area (Å²) in [6.45, 7) is 10.0. The fourth-order valence-electron chi connectivity index (χ4n) is 1.82. The summed E-state index contributed by atoms with van der Waals surface area (Å²) < 4.78 is 4.88. The highest BCUT2D eigenvalue weighted by Gasteiger charge is 2.21. The third kappa shape index (κ3) is 5.03. The molecule has 1 heterocycles. The van der Waals surface area contributed by atoms with Gasteiger partial charge in [0.1, 0.15) is 5.76 Å². The van der Waals surface area contributed by atoms with E-state index in [-0.39, 0.29) is 24.3 Å². The van der Waals surface area contributed by atoms with Gasteiger partial charge >= 0.3 is 0 Å². The van der Waals surface area contributed by atoms with Crippen molar-refractivity contribution in [1.82, 2.24) is 10.1 Å². The Labute approximate surface area is 119 Å². The molecule has 0 aliphatic heterocycles. The second-order valence-electron chi connectivity index (χ2n) is 5.64. The molecular formula is C14H23N3O3. The summed E-state index contributed by atoms with van der Waals surface area (Å²) in [6.07, 6.45) is 0. The molecule has 1 rings (SSSR count). The molecule has 2 amide bonds. The van der Waals surface area contributed by atoms with E-state index in [1.54, 1.807) is 17.9 Å². The summed E-state index contributed by atoms with van der Waals surface area (Å²) in [6, 6.07) is 1.63. The molecular weight excluding hydrogens is 258 g/mol. The van der Waals surface area contributed by atoms with Crippen molar-refractivity contribution in [2.45, 2.75) is 34.6 Å². The predicted octanol–water partition coefficient (Wildman–Crippen LogP) is 2.06. The van der Waals surface area contributed by atoms with Gasteiger partial charge in [-0.2, -0.15) is 0 Å². The number of nitrogens with zero attached hydrogens (tertiary/aromatic N) is 2. The van der Waals surface area contributed by atoms with Gasteiger partial charge < -0.3 is 14.7 Å². The van der Waals surface area contributed by atoms with Gasteiger partial charge in [0.15, 0.2) is 5.82 Å². The first kappa shape index (κ1) is 16.2. The molecule has 0 unspecified atom stereocenters. The smallest absolute Gasteiger partial charge is 0.245 e. The summed E-state index contributed by atoms with van der Waals surface area (Å²) in [5.41, 5.74) is 0. The number of aryl methyl sites for hydroxylation is 1. The molecule has 0 aliphatic rings. The molecule has 112 valence electrons. The van der Waals surface area contributed by atoms with Gasteiger partial charge in [0.25, 0.3) is 0 Å². The molecule has 0 saturated heterocycles. The first-order valence-corrected chi connectivity index (χ1v) is 6.81. The molecule has 0 aliphatic carbocycles. The average Bonchev–Trinajstić information content (AvgIpc) is 2.71. The lowest BCUT2D eigenvalue weighted by Gasteiger charge is -2.25. The lowest BCUT2D eigenvalue weighted by atomic mass is 10.1. The summed E-state index contributed by atoms with van der Waals surface area (Å²) in [4.78, 5) is 25.6. The van der Waals surface area contributed by atoms with Crippen molar-refractivity contribution in [2.75, 3.05) is 18.4 Å². The van der Waals surface area contributed by atoms with Crippen molar-refractivity contribution in [3.05, 3.63) is 11.8 Å². The number of amides is 2. The fraction of sp³-hybridized carbons (Fsp3) is 0.643. The molecule has 6 nitrogen and oxygen atoms in total. The molecule has 6 heteroatoms. The highest BCUT2D eigenvalue weighted by molar-refractivity contribution is 5.94. The first-order valence-electron chi connectivity index (χ1n) is 6.81. The maximum atomic E-state index is 12.1. The molecule has 0 aromatic carbocycles. The maximum Gasteiger partial charge on any atom is 0.245 e. The van der Waals surface area contributed by atoms with Crippen molar-refractivity contribution in [2.24, 2.45) is 11.8 Å². The number of hydrogen-bond donors (Lipinski definition) is 1. The van der Waals surface area contributed by atoms with E-state index in [9.17, 15) is 9.59 Å². The molecule has 0 bridgehead atoms. The zero-order chi connectivity index (χ0) is 15.3. The second kappa shape index (κ2) is 7.07. The van der Waals surface area contributed by atoms with Gasteiger partial charge in [-0.05, 0) is 12.8 Å². The Morgan fingerprint density at radius 3 is 2.45 bits per heavy atom. The third-order valence-corrected chi connectivity index (χ3v) is 2.62. The van der Waals surface area contributed by atoms with Crippen LogP contribution in [0.1, 0.15) is 33.5 Å². The molecule has 0 spiro atoms. The van der Waals surface area contributed by atoms with Crippen LogP contribution in [0.4, 0.5) is 5.82 Å². The van der Waals surface area contributed by atoms with Gasteiger partial charge in [-0.3, -0.25) is 9.59 Å². The number of nitrogens with one attached hydrogen (secondary N) is 1. The van der Waals surface area contributed by atoms with Crippen LogP contribution in [0.5, 0.6) is 0 Å². The van der Waals surface area contributed by atoms with Crippen LogP contribution in [0.25, 0.3) is 0 Å². The Morgan fingerprint density at radius 2 is 2.00 bits per heavy atom. The minimum atomic E-state index is -0.270. The number of rotatable bonds is 6. The second-order valence-corrected chi connectivity index (χ2v) is 5.64. The van der Waals surface area contributed by atoms with Gasteiger partial charge in [-0.1, -0.05) is 32.9 Å². The van der Waals surface area contributed by atoms with Crippen LogP contribution in [0.2, 0.25) is 0 Å². The molecule has 0 atom stereocenters.